The molecule has 2 aromatic carbocycles. The Morgan fingerprint density at radius 2 is 1.70 bits per heavy atom. The molecule has 1 aliphatic heterocycles. The summed E-state index contributed by atoms with van der Waals surface area (Å²) in [6.07, 6.45) is 0.929. The van der Waals surface area contributed by atoms with E-state index in [1.165, 1.54) is 5.56 Å². The number of ether oxygens (including phenoxy) is 2. The number of nitrogens with zero attached hydrogens (tertiary/aromatic N) is 2. The van der Waals surface area contributed by atoms with Crippen LogP contribution in [0.5, 0.6) is 11.5 Å². The number of hydrogen-bond acceptors (Lipinski definition) is 4. The van der Waals surface area contributed by atoms with E-state index in [1.54, 1.807) is 26.4 Å². The summed E-state index contributed by atoms with van der Waals surface area (Å²) < 4.78 is 10.6. The average molecular weight is 389 g/mol. The third-order valence-corrected chi connectivity index (χ3v) is 5.26. The molecule has 0 spiro atoms. The van der Waals surface area contributed by atoms with Crippen LogP contribution < -0.4 is 9.47 Å². The first-order valence-corrected chi connectivity index (χ1v) is 9.47. The monoisotopic (exact) mass is 388 g/mol. The van der Waals surface area contributed by atoms with E-state index in [4.69, 9.17) is 21.1 Å². The number of methoxy groups -OCH3 is 2. The number of rotatable bonds is 6. The Kier molecular flexibility index (Phi) is 6.58. The van der Waals surface area contributed by atoms with Gasteiger partial charge in [0.05, 0.1) is 24.8 Å². The molecule has 5 nitrogen and oxygen atoms in total. The molecule has 1 amide bonds. The number of carbonyl (C=O) groups is 1. The molecular weight excluding hydrogens is 364 g/mol. The van der Waals surface area contributed by atoms with Crippen LogP contribution in [-0.4, -0.2) is 62.7 Å². The fourth-order valence-corrected chi connectivity index (χ4v) is 3.52. The highest BCUT2D eigenvalue weighted by Gasteiger charge is 2.23. The minimum Gasteiger partial charge on any atom is -0.493 e. The third-order valence-electron chi connectivity index (χ3n) is 4.93. The lowest BCUT2D eigenvalue weighted by Crippen LogP contribution is -2.49. The summed E-state index contributed by atoms with van der Waals surface area (Å²) in [6, 6.07) is 13.3. The normalized spacial score (nSPS) is 14.9. The van der Waals surface area contributed by atoms with Gasteiger partial charge in [0.2, 0.25) is 0 Å². The van der Waals surface area contributed by atoms with Crippen LogP contribution >= 0.6 is 11.6 Å². The van der Waals surface area contributed by atoms with E-state index in [-0.39, 0.29) is 5.91 Å². The molecule has 0 radical (unpaired) electrons. The molecule has 1 fully saturated rings. The number of carbonyl (C=O) groups excluding carboxylic acids is 1. The van der Waals surface area contributed by atoms with Gasteiger partial charge in [-0.15, -0.1) is 0 Å². The summed E-state index contributed by atoms with van der Waals surface area (Å²) in [7, 11) is 3.29. The molecule has 1 heterocycles. The fraction of sp³-hybridized carbons (Fsp3) is 0.381. The smallest absolute Gasteiger partial charge is 0.255 e. The molecule has 0 saturated carbocycles. The van der Waals surface area contributed by atoms with E-state index in [1.807, 2.05) is 29.2 Å². The number of hydrogen-bond donors (Lipinski definition) is 0. The van der Waals surface area contributed by atoms with Crippen molar-refractivity contribution in [2.75, 3.05) is 46.9 Å². The highest BCUT2D eigenvalue weighted by molar-refractivity contribution is 6.33. The summed E-state index contributed by atoms with van der Waals surface area (Å²) in [6.45, 7) is 4.11. The second-order valence-electron chi connectivity index (χ2n) is 6.55. The molecule has 144 valence electrons. The predicted octanol–water partition coefficient (Wildman–Crippen LogP) is 3.36. The molecule has 27 heavy (non-hydrogen) atoms. The SMILES string of the molecule is COc1ccc(CCN2CCN(C(=O)c3ccccc3Cl)CC2)cc1OC. The zero-order chi connectivity index (χ0) is 19.2. The predicted molar refractivity (Wildman–Crippen MR) is 107 cm³/mol. The van der Waals surface area contributed by atoms with Gasteiger partial charge in [0, 0.05) is 32.7 Å². The summed E-state index contributed by atoms with van der Waals surface area (Å²) >= 11 is 6.15. The molecule has 2 aromatic rings. The molecule has 1 aliphatic rings. The van der Waals surface area contributed by atoms with Gasteiger partial charge in [-0.25, -0.2) is 0 Å². The Morgan fingerprint density at radius 3 is 2.37 bits per heavy atom. The average Bonchev–Trinajstić information content (AvgIpc) is 2.72. The Bertz CT molecular complexity index is 789. The molecule has 0 N–H and O–H groups in total. The lowest BCUT2D eigenvalue weighted by molar-refractivity contribution is 0.0638. The van der Waals surface area contributed by atoms with E-state index in [0.29, 0.717) is 10.6 Å². The van der Waals surface area contributed by atoms with Gasteiger partial charge in [-0.3, -0.25) is 9.69 Å². The van der Waals surface area contributed by atoms with Crippen LogP contribution in [0, 0.1) is 0 Å². The highest BCUT2D eigenvalue weighted by atomic mass is 35.5. The van der Waals surface area contributed by atoms with Crippen molar-refractivity contribution in [3.05, 3.63) is 58.6 Å². The van der Waals surface area contributed by atoms with Gasteiger partial charge >= 0.3 is 0 Å². The minimum absolute atomic E-state index is 0.0140. The Morgan fingerprint density at radius 1 is 1.00 bits per heavy atom. The van der Waals surface area contributed by atoms with Crippen LogP contribution in [0.4, 0.5) is 0 Å². The molecule has 3 rings (SSSR count). The van der Waals surface area contributed by atoms with Crippen LogP contribution in [0.2, 0.25) is 5.02 Å². The van der Waals surface area contributed by atoms with Crippen LogP contribution in [-0.2, 0) is 6.42 Å². The van der Waals surface area contributed by atoms with Crippen molar-refractivity contribution in [3.63, 3.8) is 0 Å². The van der Waals surface area contributed by atoms with Crippen molar-refractivity contribution in [2.45, 2.75) is 6.42 Å². The van der Waals surface area contributed by atoms with Gasteiger partial charge in [0.1, 0.15) is 0 Å². The molecule has 0 atom stereocenters. The first-order chi connectivity index (χ1) is 13.1. The van der Waals surface area contributed by atoms with Crippen LogP contribution in [0.3, 0.4) is 0 Å². The lowest BCUT2D eigenvalue weighted by Gasteiger charge is -2.35. The maximum atomic E-state index is 12.6. The second-order valence-corrected chi connectivity index (χ2v) is 6.96. The zero-order valence-corrected chi connectivity index (χ0v) is 16.5. The van der Waals surface area contributed by atoms with Gasteiger partial charge in [-0.05, 0) is 36.2 Å². The van der Waals surface area contributed by atoms with Crippen LogP contribution in [0.1, 0.15) is 15.9 Å². The van der Waals surface area contributed by atoms with Crippen molar-refractivity contribution >= 4 is 17.5 Å². The second kappa shape index (κ2) is 9.11. The largest absolute Gasteiger partial charge is 0.493 e. The maximum absolute atomic E-state index is 12.6. The van der Waals surface area contributed by atoms with Crippen molar-refractivity contribution < 1.29 is 14.3 Å². The number of piperazine rings is 1. The Balaban J connectivity index is 1.51. The van der Waals surface area contributed by atoms with E-state index in [9.17, 15) is 4.79 Å². The third kappa shape index (κ3) is 4.73. The van der Waals surface area contributed by atoms with Gasteiger partial charge < -0.3 is 14.4 Å². The summed E-state index contributed by atoms with van der Waals surface area (Å²) in [5.74, 6) is 1.51. The summed E-state index contributed by atoms with van der Waals surface area (Å²) in [4.78, 5) is 16.9. The molecular formula is C21H25ClN2O3. The van der Waals surface area contributed by atoms with Gasteiger partial charge in [-0.1, -0.05) is 29.8 Å². The first-order valence-electron chi connectivity index (χ1n) is 9.09. The van der Waals surface area contributed by atoms with Gasteiger partial charge in [0.15, 0.2) is 11.5 Å². The van der Waals surface area contributed by atoms with Crippen molar-refractivity contribution in [3.8, 4) is 11.5 Å². The van der Waals surface area contributed by atoms with E-state index in [0.717, 1.165) is 50.6 Å². The number of halogens is 1. The van der Waals surface area contributed by atoms with E-state index < -0.39 is 0 Å². The van der Waals surface area contributed by atoms with Crippen LogP contribution in [0.25, 0.3) is 0 Å². The number of benzene rings is 2. The van der Waals surface area contributed by atoms with Crippen molar-refractivity contribution in [1.82, 2.24) is 9.80 Å². The van der Waals surface area contributed by atoms with E-state index in [2.05, 4.69) is 11.0 Å². The standard InChI is InChI=1S/C21H25ClN2O3/c1-26-19-8-7-16(15-20(19)27-2)9-10-23-11-13-24(14-12-23)21(25)17-5-3-4-6-18(17)22/h3-8,15H,9-14H2,1-2H3. The molecule has 0 unspecified atom stereocenters. The quantitative estimate of drug-likeness (QED) is 0.761. The summed E-state index contributed by atoms with van der Waals surface area (Å²) in [5.41, 5.74) is 1.79. The minimum atomic E-state index is 0.0140. The Hall–Kier alpha value is -2.24. The topological polar surface area (TPSA) is 42.0 Å². The summed E-state index contributed by atoms with van der Waals surface area (Å²) in [5, 5.41) is 0.512. The molecule has 0 bridgehead atoms. The molecule has 1 saturated heterocycles. The van der Waals surface area contributed by atoms with Gasteiger partial charge in [0.25, 0.3) is 5.91 Å². The van der Waals surface area contributed by atoms with E-state index >= 15 is 0 Å². The highest BCUT2D eigenvalue weighted by Crippen LogP contribution is 2.27. The fourth-order valence-electron chi connectivity index (χ4n) is 3.30. The zero-order valence-electron chi connectivity index (χ0n) is 15.8. The molecule has 6 heteroatoms. The van der Waals surface area contributed by atoms with Crippen LogP contribution in [0.15, 0.2) is 42.5 Å². The first kappa shape index (κ1) is 19.5. The Labute approximate surface area is 165 Å². The molecule has 0 aromatic heterocycles. The molecule has 0 aliphatic carbocycles. The van der Waals surface area contributed by atoms with Gasteiger partial charge in [-0.2, -0.15) is 0 Å². The lowest BCUT2D eigenvalue weighted by atomic mass is 10.1. The number of amides is 1. The van der Waals surface area contributed by atoms with Crippen molar-refractivity contribution in [1.29, 1.82) is 0 Å². The maximum Gasteiger partial charge on any atom is 0.255 e. The van der Waals surface area contributed by atoms with Crippen molar-refractivity contribution in [2.24, 2.45) is 0 Å².